The molecular weight excluding hydrogens is 400 g/mol. The fourth-order valence-electron chi connectivity index (χ4n) is 2.62. The van der Waals surface area contributed by atoms with Crippen LogP contribution in [-0.2, 0) is 18.4 Å². The van der Waals surface area contributed by atoms with E-state index in [0.717, 1.165) is 5.56 Å². The summed E-state index contributed by atoms with van der Waals surface area (Å²) in [4.78, 5) is 29.1. The lowest BCUT2D eigenvalue weighted by Crippen LogP contribution is -2.34. The SMILES string of the molecule is CC(NC(=O)Cn1cnc2c(c(Br)nn2C)c1=O)c1ccc(C#N)cc1. The number of rotatable bonds is 4. The van der Waals surface area contributed by atoms with E-state index in [1.807, 2.05) is 6.92 Å². The Morgan fingerprint density at radius 3 is 2.73 bits per heavy atom. The highest BCUT2D eigenvalue weighted by molar-refractivity contribution is 9.10. The van der Waals surface area contributed by atoms with Gasteiger partial charge in [0.15, 0.2) is 5.65 Å². The van der Waals surface area contributed by atoms with Gasteiger partial charge in [-0.1, -0.05) is 12.1 Å². The van der Waals surface area contributed by atoms with Crippen LogP contribution in [-0.4, -0.2) is 25.2 Å². The third-order valence-corrected chi connectivity index (χ3v) is 4.55. The minimum Gasteiger partial charge on any atom is -0.348 e. The van der Waals surface area contributed by atoms with Crippen molar-refractivity contribution in [2.24, 2.45) is 7.05 Å². The first-order valence-corrected chi connectivity index (χ1v) is 8.57. The molecule has 3 aromatic rings. The van der Waals surface area contributed by atoms with E-state index in [4.69, 9.17) is 5.26 Å². The number of halogens is 1. The summed E-state index contributed by atoms with van der Waals surface area (Å²) in [6, 6.07) is 8.76. The van der Waals surface area contributed by atoms with Gasteiger partial charge in [0.1, 0.15) is 22.9 Å². The number of amides is 1. The van der Waals surface area contributed by atoms with Crippen molar-refractivity contribution < 1.29 is 4.79 Å². The van der Waals surface area contributed by atoms with Gasteiger partial charge in [0, 0.05) is 7.05 Å². The number of hydrogen-bond acceptors (Lipinski definition) is 5. The molecule has 1 aromatic carbocycles. The van der Waals surface area contributed by atoms with Crippen LogP contribution in [0.25, 0.3) is 11.0 Å². The molecule has 9 heteroatoms. The number of nitrogens with one attached hydrogen (secondary N) is 1. The lowest BCUT2D eigenvalue weighted by atomic mass is 10.1. The molecule has 1 amide bonds. The quantitative estimate of drug-likeness (QED) is 0.698. The third kappa shape index (κ3) is 3.36. The van der Waals surface area contributed by atoms with Gasteiger partial charge >= 0.3 is 0 Å². The molecule has 0 radical (unpaired) electrons. The second-order valence-electron chi connectivity index (χ2n) is 5.81. The van der Waals surface area contributed by atoms with Crippen molar-refractivity contribution in [1.29, 1.82) is 5.26 Å². The Morgan fingerprint density at radius 1 is 1.38 bits per heavy atom. The number of carbonyl (C=O) groups is 1. The highest BCUT2D eigenvalue weighted by atomic mass is 79.9. The normalized spacial score (nSPS) is 11.9. The molecule has 2 aromatic heterocycles. The van der Waals surface area contributed by atoms with E-state index in [2.05, 4.69) is 37.4 Å². The van der Waals surface area contributed by atoms with Crippen molar-refractivity contribution >= 4 is 32.9 Å². The molecule has 0 fully saturated rings. The van der Waals surface area contributed by atoms with Gasteiger partial charge in [0.05, 0.1) is 17.7 Å². The van der Waals surface area contributed by atoms with Crippen LogP contribution in [0.15, 0.2) is 40.0 Å². The van der Waals surface area contributed by atoms with E-state index in [1.54, 1.807) is 31.3 Å². The summed E-state index contributed by atoms with van der Waals surface area (Å²) >= 11 is 3.24. The number of benzene rings is 1. The van der Waals surface area contributed by atoms with Gasteiger partial charge in [-0.25, -0.2) is 9.67 Å². The summed E-state index contributed by atoms with van der Waals surface area (Å²) < 4.78 is 3.14. The average Bonchev–Trinajstić information content (AvgIpc) is 2.91. The van der Waals surface area contributed by atoms with Gasteiger partial charge < -0.3 is 5.32 Å². The minimum atomic E-state index is -0.337. The van der Waals surface area contributed by atoms with Crippen LogP contribution in [0.5, 0.6) is 0 Å². The fraction of sp³-hybridized carbons (Fsp3) is 0.235. The lowest BCUT2D eigenvalue weighted by Gasteiger charge is -2.15. The molecule has 0 bridgehead atoms. The largest absolute Gasteiger partial charge is 0.348 e. The van der Waals surface area contributed by atoms with Crippen molar-refractivity contribution in [2.75, 3.05) is 0 Å². The summed E-state index contributed by atoms with van der Waals surface area (Å²) in [5, 5.41) is 16.1. The summed E-state index contributed by atoms with van der Waals surface area (Å²) in [6.07, 6.45) is 1.34. The standard InChI is InChI=1S/C17H15BrN6O2/c1-10(12-5-3-11(7-19)4-6-12)21-13(25)8-24-9-20-16-14(17(24)26)15(18)22-23(16)2/h3-6,9-10H,8H2,1-2H3,(H,21,25). The predicted molar refractivity (Wildman–Crippen MR) is 98.2 cm³/mol. The molecule has 0 aliphatic heterocycles. The highest BCUT2D eigenvalue weighted by Crippen LogP contribution is 2.17. The number of hydrogen-bond donors (Lipinski definition) is 1. The van der Waals surface area contributed by atoms with Crippen LogP contribution in [0.3, 0.4) is 0 Å². The van der Waals surface area contributed by atoms with Gasteiger partial charge in [-0.3, -0.25) is 14.2 Å². The lowest BCUT2D eigenvalue weighted by molar-refractivity contribution is -0.122. The number of nitriles is 1. The summed E-state index contributed by atoms with van der Waals surface area (Å²) in [7, 11) is 1.69. The Balaban J connectivity index is 1.76. The maximum Gasteiger partial charge on any atom is 0.266 e. The molecule has 3 rings (SSSR count). The van der Waals surface area contributed by atoms with Crippen molar-refractivity contribution in [3.63, 3.8) is 0 Å². The fourth-order valence-corrected chi connectivity index (χ4v) is 3.20. The zero-order valence-corrected chi connectivity index (χ0v) is 15.7. The van der Waals surface area contributed by atoms with Gasteiger partial charge in [-0.15, -0.1) is 0 Å². The molecule has 1 atom stereocenters. The van der Waals surface area contributed by atoms with Crippen molar-refractivity contribution in [2.45, 2.75) is 19.5 Å². The predicted octanol–water partition coefficient (Wildman–Crippen LogP) is 1.64. The van der Waals surface area contributed by atoms with Crippen LogP contribution in [0.1, 0.15) is 24.1 Å². The molecule has 8 nitrogen and oxygen atoms in total. The first kappa shape index (κ1) is 17.8. The van der Waals surface area contributed by atoms with Gasteiger partial charge in [-0.2, -0.15) is 10.4 Å². The van der Waals surface area contributed by atoms with Gasteiger partial charge in [0.25, 0.3) is 5.56 Å². The van der Waals surface area contributed by atoms with Crippen LogP contribution >= 0.6 is 15.9 Å². The smallest absolute Gasteiger partial charge is 0.266 e. The zero-order chi connectivity index (χ0) is 18.8. The van der Waals surface area contributed by atoms with Crippen molar-refractivity contribution in [3.8, 4) is 6.07 Å². The Morgan fingerprint density at radius 2 is 2.08 bits per heavy atom. The summed E-state index contributed by atoms with van der Waals surface area (Å²) in [5.41, 5.74) is 1.54. The summed E-state index contributed by atoms with van der Waals surface area (Å²) in [5.74, 6) is -0.315. The molecule has 1 N–H and O–H groups in total. The number of aryl methyl sites for hydroxylation is 1. The Bertz CT molecular complexity index is 1080. The molecule has 1 unspecified atom stereocenters. The second-order valence-corrected chi connectivity index (χ2v) is 6.56. The van der Waals surface area contributed by atoms with Crippen LogP contribution < -0.4 is 10.9 Å². The van der Waals surface area contributed by atoms with Crippen LogP contribution in [0.4, 0.5) is 0 Å². The third-order valence-electron chi connectivity index (χ3n) is 4.00. The Kier molecular flexibility index (Phi) is 4.86. The van der Waals surface area contributed by atoms with E-state index in [0.29, 0.717) is 21.2 Å². The first-order chi connectivity index (χ1) is 12.4. The van der Waals surface area contributed by atoms with Crippen molar-refractivity contribution in [3.05, 3.63) is 56.7 Å². The first-order valence-electron chi connectivity index (χ1n) is 7.77. The number of fused-ring (bicyclic) bond motifs is 1. The molecule has 26 heavy (non-hydrogen) atoms. The van der Waals surface area contributed by atoms with Gasteiger partial charge in [0.2, 0.25) is 5.91 Å². The monoisotopic (exact) mass is 414 g/mol. The highest BCUT2D eigenvalue weighted by Gasteiger charge is 2.16. The topological polar surface area (TPSA) is 106 Å². The Labute approximate surface area is 157 Å². The van der Waals surface area contributed by atoms with Gasteiger partial charge in [-0.05, 0) is 40.5 Å². The molecule has 0 aliphatic rings. The van der Waals surface area contributed by atoms with E-state index in [-0.39, 0.29) is 24.1 Å². The Hall–Kier alpha value is -2.99. The zero-order valence-electron chi connectivity index (χ0n) is 14.1. The van der Waals surface area contributed by atoms with Crippen LogP contribution in [0.2, 0.25) is 0 Å². The number of carbonyl (C=O) groups excluding carboxylic acids is 1. The average molecular weight is 415 g/mol. The molecule has 2 heterocycles. The number of nitrogens with zero attached hydrogens (tertiary/aromatic N) is 5. The second kappa shape index (κ2) is 7.09. The molecular formula is C17H15BrN6O2. The maximum absolute atomic E-state index is 12.6. The molecule has 0 saturated carbocycles. The van der Waals surface area contributed by atoms with Crippen molar-refractivity contribution in [1.82, 2.24) is 24.6 Å². The molecule has 0 saturated heterocycles. The van der Waals surface area contributed by atoms with Crippen LogP contribution in [0, 0.1) is 11.3 Å². The summed E-state index contributed by atoms with van der Waals surface area (Å²) in [6.45, 7) is 1.69. The van der Waals surface area contributed by atoms with E-state index in [1.165, 1.54) is 15.6 Å². The number of aromatic nitrogens is 4. The molecule has 132 valence electrons. The van der Waals surface area contributed by atoms with E-state index < -0.39 is 0 Å². The minimum absolute atomic E-state index is 0.149. The maximum atomic E-state index is 12.6. The van der Waals surface area contributed by atoms with E-state index in [9.17, 15) is 9.59 Å². The molecule has 0 spiro atoms. The molecule has 0 aliphatic carbocycles. The van der Waals surface area contributed by atoms with E-state index >= 15 is 0 Å².